The molecule has 0 radical (unpaired) electrons. The van der Waals surface area contributed by atoms with Crippen molar-refractivity contribution in [2.24, 2.45) is 5.73 Å². The maximum atomic E-state index is 11.0. The van der Waals surface area contributed by atoms with Gasteiger partial charge >= 0.3 is 0 Å². The van der Waals surface area contributed by atoms with Gasteiger partial charge in [-0.1, -0.05) is 0 Å². The van der Waals surface area contributed by atoms with Crippen LogP contribution in [0.3, 0.4) is 0 Å². The van der Waals surface area contributed by atoms with E-state index in [4.69, 9.17) is 10.5 Å². The molecule has 0 aliphatic heterocycles. The van der Waals surface area contributed by atoms with Crippen molar-refractivity contribution in [1.82, 2.24) is 14.6 Å². The summed E-state index contributed by atoms with van der Waals surface area (Å²) in [7, 11) is 1.50. The first kappa shape index (κ1) is 8.49. The molecule has 0 aromatic carbocycles. The predicted octanol–water partition coefficient (Wildman–Crippen LogP) is -0.163. The molecule has 0 unspecified atom stereocenters. The molecule has 2 heterocycles. The van der Waals surface area contributed by atoms with E-state index in [1.54, 1.807) is 12.3 Å². The normalized spacial score (nSPS) is 10.4. The van der Waals surface area contributed by atoms with Crippen molar-refractivity contribution in [2.75, 3.05) is 7.11 Å². The van der Waals surface area contributed by atoms with Gasteiger partial charge in [0.15, 0.2) is 5.65 Å². The fourth-order valence-corrected chi connectivity index (χ4v) is 1.14. The number of methoxy groups -OCH3 is 1. The summed E-state index contributed by atoms with van der Waals surface area (Å²) >= 11 is 0. The largest absolute Gasteiger partial charge is 0.481 e. The molecule has 0 fully saturated rings. The molecule has 14 heavy (non-hydrogen) atoms. The number of amides is 1. The average molecular weight is 192 g/mol. The third-order valence-corrected chi connectivity index (χ3v) is 1.82. The number of hydrogen-bond acceptors (Lipinski definition) is 4. The first-order chi connectivity index (χ1) is 6.72. The quantitative estimate of drug-likeness (QED) is 0.716. The molecule has 1 amide bonds. The molecule has 6 heteroatoms. The predicted molar refractivity (Wildman–Crippen MR) is 48.1 cm³/mol. The van der Waals surface area contributed by atoms with Gasteiger partial charge in [-0.05, 0) is 0 Å². The molecule has 0 saturated heterocycles. The summed E-state index contributed by atoms with van der Waals surface area (Å²) in [6, 6.07) is 1.64. The minimum atomic E-state index is -0.555. The number of ether oxygens (including phenoxy) is 1. The van der Waals surface area contributed by atoms with E-state index < -0.39 is 5.91 Å². The van der Waals surface area contributed by atoms with Gasteiger partial charge in [0.2, 0.25) is 5.88 Å². The van der Waals surface area contributed by atoms with Crippen molar-refractivity contribution >= 4 is 11.6 Å². The Morgan fingerprint density at radius 1 is 1.64 bits per heavy atom. The maximum Gasteiger partial charge on any atom is 0.254 e. The smallest absolute Gasteiger partial charge is 0.254 e. The lowest BCUT2D eigenvalue weighted by Gasteiger charge is -1.98. The summed E-state index contributed by atoms with van der Waals surface area (Å²) in [4.78, 5) is 15.0. The summed E-state index contributed by atoms with van der Waals surface area (Å²) in [5.41, 5.74) is 5.82. The molecule has 72 valence electrons. The van der Waals surface area contributed by atoms with Crippen LogP contribution < -0.4 is 10.5 Å². The van der Waals surface area contributed by atoms with Gasteiger partial charge in [-0.25, -0.2) is 4.52 Å². The Labute approximate surface area is 79.3 Å². The lowest BCUT2D eigenvalue weighted by Crippen LogP contribution is -2.11. The van der Waals surface area contributed by atoms with E-state index in [1.165, 1.54) is 17.8 Å². The number of nitrogens with two attached hydrogens (primary N) is 1. The lowest BCUT2D eigenvalue weighted by molar-refractivity contribution is 0.100. The molecule has 2 N–H and O–H groups in total. The van der Waals surface area contributed by atoms with Gasteiger partial charge in [0, 0.05) is 12.3 Å². The van der Waals surface area contributed by atoms with E-state index in [9.17, 15) is 4.79 Å². The van der Waals surface area contributed by atoms with Crippen molar-refractivity contribution in [3.05, 3.63) is 24.0 Å². The molecule has 2 rings (SSSR count). The van der Waals surface area contributed by atoms with Gasteiger partial charge in [-0.15, -0.1) is 0 Å². The highest BCUT2D eigenvalue weighted by Crippen LogP contribution is 2.11. The molecule has 0 spiro atoms. The van der Waals surface area contributed by atoms with Gasteiger partial charge in [-0.3, -0.25) is 4.79 Å². The van der Waals surface area contributed by atoms with Crippen LogP contribution in [0, 0.1) is 0 Å². The Hall–Kier alpha value is -2.11. The van der Waals surface area contributed by atoms with Crippen LogP contribution in [0.4, 0.5) is 0 Å². The monoisotopic (exact) mass is 192 g/mol. The second-order valence-electron chi connectivity index (χ2n) is 2.66. The summed E-state index contributed by atoms with van der Waals surface area (Å²) in [6.45, 7) is 0. The molecule has 0 aliphatic carbocycles. The van der Waals surface area contributed by atoms with Crippen LogP contribution in [0.15, 0.2) is 18.5 Å². The Bertz CT molecular complexity index is 491. The number of rotatable bonds is 2. The molecule has 0 atom stereocenters. The number of carbonyl (C=O) groups is 1. The Balaban J connectivity index is 2.69. The zero-order valence-electron chi connectivity index (χ0n) is 7.47. The topological polar surface area (TPSA) is 82.5 Å². The van der Waals surface area contributed by atoms with Crippen molar-refractivity contribution in [2.45, 2.75) is 0 Å². The highest BCUT2D eigenvalue weighted by Gasteiger charge is 2.10. The van der Waals surface area contributed by atoms with Crippen LogP contribution >= 0.6 is 0 Å². The number of hydrogen-bond donors (Lipinski definition) is 1. The summed E-state index contributed by atoms with van der Waals surface area (Å²) in [5.74, 6) is -0.138. The van der Waals surface area contributed by atoms with E-state index in [0.29, 0.717) is 11.5 Å². The second kappa shape index (κ2) is 2.99. The van der Waals surface area contributed by atoms with Crippen molar-refractivity contribution in [3.8, 4) is 5.88 Å². The zero-order valence-corrected chi connectivity index (χ0v) is 7.47. The minimum Gasteiger partial charge on any atom is -0.481 e. The van der Waals surface area contributed by atoms with Crippen molar-refractivity contribution < 1.29 is 9.53 Å². The van der Waals surface area contributed by atoms with Crippen molar-refractivity contribution in [1.29, 1.82) is 0 Å². The van der Waals surface area contributed by atoms with Gasteiger partial charge < -0.3 is 10.5 Å². The Morgan fingerprint density at radius 2 is 2.43 bits per heavy atom. The average Bonchev–Trinajstić information content (AvgIpc) is 2.59. The molecule has 2 aromatic heterocycles. The van der Waals surface area contributed by atoms with Gasteiger partial charge in [0.05, 0.1) is 13.3 Å². The molecule has 0 saturated carbocycles. The van der Waals surface area contributed by atoms with E-state index in [0.717, 1.165) is 0 Å². The lowest BCUT2D eigenvalue weighted by atomic mass is 10.3. The Kier molecular flexibility index (Phi) is 1.81. The van der Waals surface area contributed by atoms with E-state index in [2.05, 4.69) is 10.1 Å². The van der Waals surface area contributed by atoms with E-state index in [-0.39, 0.29) is 5.56 Å². The number of nitrogens with zero attached hydrogens (tertiary/aromatic N) is 3. The number of fused-ring (bicyclic) bond motifs is 1. The second-order valence-corrected chi connectivity index (χ2v) is 2.66. The zero-order chi connectivity index (χ0) is 10.1. The minimum absolute atomic E-state index is 0.281. The highest BCUT2D eigenvalue weighted by molar-refractivity contribution is 5.98. The van der Waals surface area contributed by atoms with Gasteiger partial charge in [0.1, 0.15) is 5.56 Å². The van der Waals surface area contributed by atoms with Crippen LogP contribution in [0.5, 0.6) is 5.88 Å². The highest BCUT2D eigenvalue weighted by atomic mass is 16.5. The molecular formula is C8H8N4O2. The van der Waals surface area contributed by atoms with Gasteiger partial charge in [-0.2, -0.15) is 10.1 Å². The first-order valence-corrected chi connectivity index (χ1v) is 3.90. The molecule has 0 aliphatic rings. The van der Waals surface area contributed by atoms with Gasteiger partial charge in [0.25, 0.3) is 5.91 Å². The van der Waals surface area contributed by atoms with Crippen LogP contribution in [-0.2, 0) is 0 Å². The fourth-order valence-electron chi connectivity index (χ4n) is 1.14. The molecule has 2 aromatic rings. The van der Waals surface area contributed by atoms with Crippen LogP contribution in [0.25, 0.3) is 5.65 Å². The van der Waals surface area contributed by atoms with Crippen molar-refractivity contribution in [3.63, 3.8) is 0 Å². The van der Waals surface area contributed by atoms with Crippen LogP contribution in [0.1, 0.15) is 10.4 Å². The summed E-state index contributed by atoms with van der Waals surface area (Å²) < 4.78 is 6.38. The number of carbonyl (C=O) groups excluding carboxylic acids is 1. The van der Waals surface area contributed by atoms with E-state index >= 15 is 0 Å². The standard InChI is InChI=1S/C8H8N4O2/c1-14-6-2-3-12-8(11-6)5(4-10-12)7(9)13/h2-4H,1H3,(H2,9,13). The third-order valence-electron chi connectivity index (χ3n) is 1.82. The summed E-state index contributed by atoms with van der Waals surface area (Å²) in [6.07, 6.45) is 3.03. The number of primary amides is 1. The Morgan fingerprint density at radius 3 is 3.07 bits per heavy atom. The first-order valence-electron chi connectivity index (χ1n) is 3.90. The third kappa shape index (κ3) is 1.17. The number of aromatic nitrogens is 3. The van der Waals surface area contributed by atoms with Crippen LogP contribution in [-0.4, -0.2) is 27.6 Å². The van der Waals surface area contributed by atoms with E-state index in [1.807, 2.05) is 0 Å². The summed E-state index contributed by atoms with van der Waals surface area (Å²) in [5, 5.41) is 3.91. The molecule has 6 nitrogen and oxygen atoms in total. The van der Waals surface area contributed by atoms with Crippen LogP contribution in [0.2, 0.25) is 0 Å². The fraction of sp³-hybridized carbons (Fsp3) is 0.125. The maximum absolute atomic E-state index is 11.0. The molecular weight excluding hydrogens is 184 g/mol. The molecule has 0 bridgehead atoms. The SMILES string of the molecule is COc1ccn2ncc(C(N)=O)c2n1.